The molecule has 0 radical (unpaired) electrons. The molecule has 1 saturated heterocycles. The number of carbonyl (C=O) groups is 2. The standard InChI is InChI=1S/C18H23NO4/c1-4-23-18(22)15-14-10(2)9-11(3)16(15)19(17(14)21)12-5-7-13(20)8-6-12/h5-8,10-11,14-16,20H,4,9H2,1-3H3. The predicted molar refractivity (Wildman–Crippen MR) is 85.9 cm³/mol. The van der Waals surface area contributed by atoms with Crippen molar-refractivity contribution < 1.29 is 19.4 Å². The van der Waals surface area contributed by atoms with Gasteiger partial charge in [-0.05, 0) is 49.4 Å². The number of fused-ring (bicyclic) bond motifs is 2. The van der Waals surface area contributed by atoms with E-state index in [9.17, 15) is 14.7 Å². The van der Waals surface area contributed by atoms with Gasteiger partial charge in [0.2, 0.25) is 5.91 Å². The van der Waals surface area contributed by atoms with Crippen LogP contribution in [0, 0.1) is 23.7 Å². The zero-order valence-corrected chi connectivity index (χ0v) is 13.7. The van der Waals surface area contributed by atoms with Crippen LogP contribution in [0.4, 0.5) is 5.69 Å². The number of amides is 1. The number of anilines is 1. The lowest BCUT2D eigenvalue weighted by Gasteiger charge is -2.37. The maximum Gasteiger partial charge on any atom is 0.311 e. The molecule has 1 heterocycles. The lowest BCUT2D eigenvalue weighted by Crippen LogP contribution is -2.45. The van der Waals surface area contributed by atoms with Gasteiger partial charge in [0.25, 0.3) is 0 Å². The van der Waals surface area contributed by atoms with Crippen molar-refractivity contribution >= 4 is 17.6 Å². The molecule has 0 spiro atoms. The van der Waals surface area contributed by atoms with Crippen molar-refractivity contribution in [3.8, 4) is 5.75 Å². The van der Waals surface area contributed by atoms with Crippen LogP contribution in [0.5, 0.6) is 5.75 Å². The van der Waals surface area contributed by atoms with E-state index in [-0.39, 0.29) is 41.4 Å². The largest absolute Gasteiger partial charge is 0.508 e. The summed E-state index contributed by atoms with van der Waals surface area (Å²) in [6, 6.07) is 6.42. The third-order valence-electron chi connectivity index (χ3n) is 5.20. The Morgan fingerprint density at radius 2 is 1.91 bits per heavy atom. The lowest BCUT2D eigenvalue weighted by atomic mass is 9.69. The van der Waals surface area contributed by atoms with Gasteiger partial charge in [0.15, 0.2) is 0 Å². The number of phenolic OH excluding ortho intramolecular Hbond substituents is 1. The highest BCUT2D eigenvalue weighted by atomic mass is 16.5. The topological polar surface area (TPSA) is 66.8 Å². The van der Waals surface area contributed by atoms with Crippen molar-refractivity contribution in [1.29, 1.82) is 0 Å². The smallest absolute Gasteiger partial charge is 0.311 e. The number of phenols is 1. The minimum atomic E-state index is -0.407. The third kappa shape index (κ3) is 2.48. The van der Waals surface area contributed by atoms with Crippen LogP contribution in [0.3, 0.4) is 0 Å². The van der Waals surface area contributed by atoms with Crippen LogP contribution in [-0.4, -0.2) is 29.6 Å². The summed E-state index contributed by atoms with van der Waals surface area (Å²) in [6.45, 7) is 6.25. The molecule has 1 amide bonds. The molecule has 23 heavy (non-hydrogen) atoms. The molecule has 1 saturated carbocycles. The Hall–Kier alpha value is -2.04. The van der Waals surface area contributed by atoms with Crippen LogP contribution < -0.4 is 4.90 Å². The van der Waals surface area contributed by atoms with E-state index in [4.69, 9.17) is 4.74 Å². The van der Waals surface area contributed by atoms with Crippen LogP contribution in [0.25, 0.3) is 0 Å². The number of nitrogens with zero attached hydrogens (tertiary/aromatic N) is 1. The fraction of sp³-hybridized carbons (Fsp3) is 0.556. The normalized spacial score (nSPS) is 32.9. The fourth-order valence-electron chi connectivity index (χ4n) is 4.35. The maximum atomic E-state index is 13.0. The highest BCUT2D eigenvalue weighted by Crippen LogP contribution is 2.49. The summed E-state index contributed by atoms with van der Waals surface area (Å²) in [4.78, 5) is 27.2. The molecular formula is C18H23NO4. The predicted octanol–water partition coefficient (Wildman–Crippen LogP) is 2.58. The number of hydrogen-bond acceptors (Lipinski definition) is 4. The number of carbonyl (C=O) groups excluding carboxylic acids is 2. The third-order valence-corrected chi connectivity index (χ3v) is 5.20. The van der Waals surface area contributed by atoms with Crippen LogP contribution in [0.2, 0.25) is 0 Å². The van der Waals surface area contributed by atoms with Gasteiger partial charge in [0.05, 0.1) is 24.5 Å². The van der Waals surface area contributed by atoms with Gasteiger partial charge in [0, 0.05) is 5.69 Å². The highest BCUT2D eigenvalue weighted by Gasteiger charge is 2.59. The molecule has 124 valence electrons. The summed E-state index contributed by atoms with van der Waals surface area (Å²) in [6.07, 6.45) is 0.922. The molecule has 2 aliphatic rings. The molecule has 5 atom stereocenters. The van der Waals surface area contributed by atoms with Gasteiger partial charge < -0.3 is 14.7 Å². The van der Waals surface area contributed by atoms with Gasteiger partial charge >= 0.3 is 5.97 Å². The van der Waals surface area contributed by atoms with Crippen molar-refractivity contribution in [2.24, 2.45) is 23.7 Å². The Balaban J connectivity index is 2.03. The second kappa shape index (κ2) is 5.87. The summed E-state index contributed by atoms with van der Waals surface area (Å²) in [5.74, 6) is -0.460. The van der Waals surface area contributed by atoms with Crippen molar-refractivity contribution in [1.82, 2.24) is 0 Å². The summed E-state index contributed by atoms with van der Waals surface area (Å²) in [7, 11) is 0. The average molecular weight is 317 g/mol. The van der Waals surface area contributed by atoms with Gasteiger partial charge in [-0.3, -0.25) is 9.59 Å². The number of benzene rings is 1. The van der Waals surface area contributed by atoms with Crippen molar-refractivity contribution in [2.45, 2.75) is 33.2 Å². The van der Waals surface area contributed by atoms with Gasteiger partial charge in [-0.1, -0.05) is 13.8 Å². The van der Waals surface area contributed by atoms with Gasteiger partial charge in [-0.15, -0.1) is 0 Å². The molecule has 2 fully saturated rings. The van der Waals surface area contributed by atoms with Crippen LogP contribution in [0.15, 0.2) is 24.3 Å². The van der Waals surface area contributed by atoms with E-state index in [0.29, 0.717) is 6.61 Å². The molecule has 1 aromatic carbocycles. The van der Waals surface area contributed by atoms with E-state index in [1.54, 1.807) is 36.1 Å². The molecule has 5 unspecified atom stereocenters. The molecule has 2 bridgehead atoms. The molecule has 5 heteroatoms. The summed E-state index contributed by atoms with van der Waals surface area (Å²) < 4.78 is 5.25. The molecule has 1 N–H and O–H groups in total. The summed E-state index contributed by atoms with van der Waals surface area (Å²) >= 11 is 0. The van der Waals surface area contributed by atoms with E-state index in [1.165, 1.54) is 0 Å². The minimum Gasteiger partial charge on any atom is -0.508 e. The zero-order chi connectivity index (χ0) is 16.7. The van der Waals surface area contributed by atoms with E-state index >= 15 is 0 Å². The Bertz CT molecular complexity index is 612. The Kier molecular flexibility index (Phi) is 4.04. The Morgan fingerprint density at radius 1 is 1.26 bits per heavy atom. The minimum absolute atomic E-state index is 0.00408. The van der Waals surface area contributed by atoms with Crippen molar-refractivity contribution in [2.75, 3.05) is 11.5 Å². The van der Waals surface area contributed by atoms with E-state index in [0.717, 1.165) is 12.1 Å². The first kappa shape index (κ1) is 15.8. The first-order valence-corrected chi connectivity index (χ1v) is 8.24. The van der Waals surface area contributed by atoms with Crippen molar-refractivity contribution in [3.63, 3.8) is 0 Å². The second-order valence-electron chi connectivity index (χ2n) is 6.71. The molecule has 0 aromatic heterocycles. The van der Waals surface area contributed by atoms with E-state index < -0.39 is 5.92 Å². The number of ether oxygens (including phenoxy) is 1. The number of esters is 1. The fourth-order valence-corrected chi connectivity index (χ4v) is 4.35. The van der Waals surface area contributed by atoms with Gasteiger partial charge in [-0.2, -0.15) is 0 Å². The van der Waals surface area contributed by atoms with Gasteiger partial charge in [0.1, 0.15) is 5.75 Å². The average Bonchev–Trinajstić information content (AvgIpc) is 2.77. The molecule has 1 aromatic rings. The van der Waals surface area contributed by atoms with Crippen molar-refractivity contribution in [3.05, 3.63) is 24.3 Å². The van der Waals surface area contributed by atoms with Gasteiger partial charge in [-0.25, -0.2) is 0 Å². The zero-order valence-electron chi connectivity index (χ0n) is 13.7. The molecular weight excluding hydrogens is 294 g/mol. The number of rotatable bonds is 3. The summed E-state index contributed by atoms with van der Waals surface area (Å²) in [5.41, 5.74) is 0.732. The molecule has 3 rings (SSSR count). The number of aromatic hydroxyl groups is 1. The second-order valence-corrected chi connectivity index (χ2v) is 6.71. The summed E-state index contributed by atoms with van der Waals surface area (Å²) in [5, 5.41) is 9.48. The monoisotopic (exact) mass is 317 g/mol. The Morgan fingerprint density at radius 3 is 2.52 bits per heavy atom. The van der Waals surface area contributed by atoms with Crippen LogP contribution in [-0.2, 0) is 14.3 Å². The lowest BCUT2D eigenvalue weighted by molar-refractivity contribution is -0.153. The number of hydrogen-bond donors (Lipinski definition) is 1. The van der Waals surface area contributed by atoms with Crippen LogP contribution >= 0.6 is 0 Å². The maximum absolute atomic E-state index is 13.0. The van der Waals surface area contributed by atoms with Crippen LogP contribution in [0.1, 0.15) is 27.2 Å². The van der Waals surface area contributed by atoms with E-state index in [1.807, 2.05) is 6.92 Å². The molecule has 1 aliphatic heterocycles. The first-order valence-electron chi connectivity index (χ1n) is 8.24. The van der Waals surface area contributed by atoms with E-state index in [2.05, 4.69) is 6.92 Å². The molecule has 5 nitrogen and oxygen atoms in total. The SMILES string of the molecule is CCOC(=O)C1C2C(=O)N(c3ccc(O)cc3)C1C(C)CC2C. The molecule has 1 aliphatic carbocycles. The quantitative estimate of drug-likeness (QED) is 0.870. The highest BCUT2D eigenvalue weighted by molar-refractivity contribution is 6.03. The Labute approximate surface area is 136 Å². The first-order chi connectivity index (χ1) is 11.0.